The van der Waals surface area contributed by atoms with Gasteiger partial charge in [0.15, 0.2) is 0 Å². The number of anilines is 1. The molecule has 1 aliphatic rings. The average molecular weight is 257 g/mol. The van der Waals surface area contributed by atoms with Crippen LogP contribution >= 0.6 is 0 Å². The van der Waals surface area contributed by atoms with Gasteiger partial charge in [0.1, 0.15) is 0 Å². The quantitative estimate of drug-likeness (QED) is 0.777. The lowest BCUT2D eigenvalue weighted by Gasteiger charge is -2.25. The van der Waals surface area contributed by atoms with E-state index in [-0.39, 0.29) is 5.91 Å². The Kier molecular flexibility index (Phi) is 4.61. The standard InChI is InChI=1S/C16H21N2O/c1-17(2)15-9-6-14(7-10-15)8-11-16(19)18-12-4-3-5-13-18/h3,6-11H,4-5,12-13H2,1-2H3/b11-8+. The fourth-order valence-corrected chi connectivity index (χ4v) is 2.13. The molecule has 1 amide bonds. The number of nitrogens with zero attached hydrogens (tertiary/aromatic N) is 2. The highest BCUT2D eigenvalue weighted by Crippen LogP contribution is 2.14. The molecule has 1 fully saturated rings. The third-order valence-corrected chi connectivity index (χ3v) is 3.35. The number of rotatable bonds is 3. The topological polar surface area (TPSA) is 23.6 Å². The number of hydrogen-bond donors (Lipinski definition) is 0. The van der Waals surface area contributed by atoms with Gasteiger partial charge in [-0.25, -0.2) is 0 Å². The largest absolute Gasteiger partial charge is 0.378 e. The molecule has 2 rings (SSSR count). The second kappa shape index (κ2) is 6.41. The normalized spacial score (nSPS) is 15.8. The van der Waals surface area contributed by atoms with Crippen molar-refractivity contribution in [3.8, 4) is 0 Å². The Hall–Kier alpha value is -1.77. The summed E-state index contributed by atoms with van der Waals surface area (Å²) in [6, 6.07) is 8.17. The molecule has 0 aromatic heterocycles. The highest BCUT2D eigenvalue weighted by Gasteiger charge is 2.13. The van der Waals surface area contributed by atoms with E-state index in [2.05, 4.69) is 23.5 Å². The van der Waals surface area contributed by atoms with Gasteiger partial charge in [0, 0.05) is 38.9 Å². The Morgan fingerprint density at radius 1 is 1.16 bits per heavy atom. The van der Waals surface area contributed by atoms with E-state index >= 15 is 0 Å². The van der Waals surface area contributed by atoms with Gasteiger partial charge < -0.3 is 9.80 Å². The van der Waals surface area contributed by atoms with Crippen molar-refractivity contribution in [2.75, 3.05) is 32.1 Å². The zero-order valence-electron chi connectivity index (χ0n) is 11.7. The summed E-state index contributed by atoms with van der Waals surface area (Å²) in [6.45, 7) is 1.70. The zero-order chi connectivity index (χ0) is 13.7. The van der Waals surface area contributed by atoms with Crippen molar-refractivity contribution >= 4 is 17.7 Å². The van der Waals surface area contributed by atoms with Gasteiger partial charge in [-0.2, -0.15) is 0 Å². The molecule has 3 heteroatoms. The van der Waals surface area contributed by atoms with Crippen LogP contribution in [0.3, 0.4) is 0 Å². The van der Waals surface area contributed by atoms with E-state index in [1.165, 1.54) is 0 Å². The monoisotopic (exact) mass is 257 g/mol. The Labute approximate surface area is 115 Å². The fraction of sp³-hybridized carbons (Fsp3) is 0.375. The maximum Gasteiger partial charge on any atom is 0.246 e. The minimum Gasteiger partial charge on any atom is -0.378 e. The number of piperidine rings is 1. The van der Waals surface area contributed by atoms with E-state index in [1.54, 1.807) is 6.08 Å². The fourth-order valence-electron chi connectivity index (χ4n) is 2.13. The van der Waals surface area contributed by atoms with Crippen LogP contribution in [0.5, 0.6) is 0 Å². The molecule has 0 saturated carbocycles. The smallest absolute Gasteiger partial charge is 0.246 e. The summed E-state index contributed by atoms with van der Waals surface area (Å²) in [5.41, 5.74) is 2.22. The molecule has 0 unspecified atom stereocenters. The van der Waals surface area contributed by atoms with Gasteiger partial charge >= 0.3 is 0 Å². The minimum atomic E-state index is 0.116. The van der Waals surface area contributed by atoms with Crippen LogP contribution in [0.4, 0.5) is 5.69 Å². The third-order valence-electron chi connectivity index (χ3n) is 3.35. The zero-order valence-corrected chi connectivity index (χ0v) is 11.7. The Morgan fingerprint density at radius 3 is 2.37 bits per heavy atom. The molecule has 1 aromatic carbocycles. The summed E-state index contributed by atoms with van der Waals surface area (Å²) < 4.78 is 0. The number of carbonyl (C=O) groups excluding carboxylic acids is 1. The summed E-state index contributed by atoms with van der Waals surface area (Å²) in [6.07, 6.45) is 7.83. The summed E-state index contributed by atoms with van der Waals surface area (Å²) in [4.78, 5) is 15.9. The molecule has 0 N–H and O–H groups in total. The minimum absolute atomic E-state index is 0.116. The van der Waals surface area contributed by atoms with Crippen molar-refractivity contribution < 1.29 is 4.79 Å². The maximum atomic E-state index is 12.0. The molecule has 1 radical (unpaired) electrons. The number of benzene rings is 1. The molecular formula is C16H21N2O. The molecule has 1 aliphatic heterocycles. The molecule has 0 bridgehead atoms. The van der Waals surface area contributed by atoms with Crippen LogP contribution in [0.2, 0.25) is 0 Å². The van der Waals surface area contributed by atoms with Crippen molar-refractivity contribution in [3.63, 3.8) is 0 Å². The molecular weight excluding hydrogens is 236 g/mol. The summed E-state index contributed by atoms with van der Waals surface area (Å²) in [5, 5.41) is 0. The first kappa shape index (κ1) is 13.7. The van der Waals surface area contributed by atoms with Crippen molar-refractivity contribution in [3.05, 3.63) is 42.3 Å². The molecule has 3 nitrogen and oxygen atoms in total. The first-order valence-corrected chi connectivity index (χ1v) is 6.73. The number of likely N-dealkylation sites (tertiary alicyclic amines) is 1. The van der Waals surface area contributed by atoms with E-state index in [0.717, 1.165) is 37.2 Å². The summed E-state index contributed by atoms with van der Waals surface area (Å²) >= 11 is 0. The number of amides is 1. The molecule has 0 atom stereocenters. The van der Waals surface area contributed by atoms with Crippen LogP contribution in [0, 0.1) is 6.42 Å². The molecule has 1 saturated heterocycles. The Balaban J connectivity index is 1.95. The third kappa shape index (κ3) is 3.85. The van der Waals surface area contributed by atoms with E-state index in [0.29, 0.717) is 0 Å². The van der Waals surface area contributed by atoms with Crippen molar-refractivity contribution in [2.24, 2.45) is 0 Å². The first-order valence-electron chi connectivity index (χ1n) is 6.73. The van der Waals surface area contributed by atoms with E-state index < -0.39 is 0 Å². The highest BCUT2D eigenvalue weighted by atomic mass is 16.2. The predicted molar refractivity (Wildman–Crippen MR) is 79.9 cm³/mol. The summed E-state index contributed by atoms with van der Waals surface area (Å²) in [5.74, 6) is 0.116. The van der Waals surface area contributed by atoms with Crippen LogP contribution < -0.4 is 4.90 Å². The van der Waals surface area contributed by atoms with Crippen LogP contribution in [-0.2, 0) is 4.79 Å². The lowest BCUT2D eigenvalue weighted by molar-refractivity contribution is -0.126. The van der Waals surface area contributed by atoms with E-state index in [4.69, 9.17) is 0 Å². The van der Waals surface area contributed by atoms with E-state index in [1.807, 2.05) is 37.2 Å². The highest BCUT2D eigenvalue weighted by molar-refractivity contribution is 5.91. The number of carbonyl (C=O) groups is 1. The van der Waals surface area contributed by atoms with Gasteiger partial charge in [-0.15, -0.1) is 0 Å². The average Bonchev–Trinajstić information content (AvgIpc) is 2.46. The van der Waals surface area contributed by atoms with Crippen LogP contribution in [0.15, 0.2) is 30.3 Å². The van der Waals surface area contributed by atoms with Crippen molar-refractivity contribution in [2.45, 2.75) is 12.8 Å². The lowest BCUT2D eigenvalue weighted by atomic mass is 10.1. The lowest BCUT2D eigenvalue weighted by Crippen LogP contribution is -2.34. The molecule has 19 heavy (non-hydrogen) atoms. The Bertz CT molecular complexity index is 442. The molecule has 0 aliphatic carbocycles. The van der Waals surface area contributed by atoms with Gasteiger partial charge in [-0.05, 0) is 43.0 Å². The van der Waals surface area contributed by atoms with Gasteiger partial charge in [-0.3, -0.25) is 4.79 Å². The molecule has 101 valence electrons. The maximum absolute atomic E-state index is 12.0. The second-order valence-electron chi connectivity index (χ2n) is 5.01. The number of hydrogen-bond acceptors (Lipinski definition) is 2. The predicted octanol–water partition coefficient (Wildman–Crippen LogP) is 2.59. The second-order valence-corrected chi connectivity index (χ2v) is 5.01. The van der Waals surface area contributed by atoms with Crippen LogP contribution in [0.25, 0.3) is 6.08 Å². The van der Waals surface area contributed by atoms with Crippen molar-refractivity contribution in [1.82, 2.24) is 4.90 Å². The SMILES string of the molecule is CN(C)c1ccc(/C=C/C(=O)N2CC[CH]CC2)cc1. The van der Waals surface area contributed by atoms with Crippen molar-refractivity contribution in [1.29, 1.82) is 0 Å². The molecule has 1 heterocycles. The van der Waals surface area contributed by atoms with Gasteiger partial charge in [0.25, 0.3) is 0 Å². The summed E-state index contributed by atoms with van der Waals surface area (Å²) in [7, 11) is 4.03. The first-order chi connectivity index (χ1) is 9.16. The molecule has 1 aromatic rings. The van der Waals surface area contributed by atoms with Gasteiger partial charge in [-0.1, -0.05) is 12.1 Å². The molecule has 0 spiro atoms. The van der Waals surface area contributed by atoms with Crippen LogP contribution in [0.1, 0.15) is 18.4 Å². The van der Waals surface area contributed by atoms with Gasteiger partial charge in [0.05, 0.1) is 0 Å². The van der Waals surface area contributed by atoms with Gasteiger partial charge in [0.2, 0.25) is 5.91 Å². The van der Waals surface area contributed by atoms with E-state index in [9.17, 15) is 4.79 Å². The van der Waals surface area contributed by atoms with Crippen LogP contribution in [-0.4, -0.2) is 38.0 Å². The Morgan fingerprint density at radius 2 is 1.79 bits per heavy atom.